The van der Waals surface area contributed by atoms with E-state index in [0.29, 0.717) is 17.8 Å². The lowest BCUT2D eigenvalue weighted by atomic mass is 10.2. The van der Waals surface area contributed by atoms with Gasteiger partial charge in [0.25, 0.3) is 17.6 Å². The number of carbonyl (C=O) groups excluding carboxylic acids is 2. The predicted molar refractivity (Wildman–Crippen MR) is 104 cm³/mol. The molecule has 7 heteroatoms. The van der Waals surface area contributed by atoms with Crippen LogP contribution in [0.5, 0.6) is 0 Å². The molecule has 1 fully saturated rings. The average molecular weight is 369 g/mol. The second-order valence-electron chi connectivity index (χ2n) is 6.99. The summed E-state index contributed by atoms with van der Waals surface area (Å²) in [4.78, 5) is 32.6. The van der Waals surface area contributed by atoms with E-state index in [0.717, 1.165) is 32.0 Å². The van der Waals surface area contributed by atoms with E-state index in [4.69, 9.17) is 0 Å². The first-order valence-corrected chi connectivity index (χ1v) is 9.20. The zero-order valence-corrected chi connectivity index (χ0v) is 15.9. The van der Waals surface area contributed by atoms with Gasteiger partial charge in [0.1, 0.15) is 26.2 Å². The fraction of sp³-hybridized carbons (Fsp3) is 0.350. The van der Waals surface area contributed by atoms with Crippen molar-refractivity contribution >= 4 is 23.3 Å². The van der Waals surface area contributed by atoms with E-state index >= 15 is 0 Å². The number of anilines is 2. The number of hydrogen-bond donors (Lipinski definition) is 2. The topological polar surface area (TPSA) is 71.2 Å². The van der Waals surface area contributed by atoms with Crippen LogP contribution in [0.25, 0.3) is 0 Å². The number of amides is 2. The van der Waals surface area contributed by atoms with Gasteiger partial charge in [0.15, 0.2) is 6.54 Å². The van der Waals surface area contributed by atoms with E-state index in [2.05, 4.69) is 21.3 Å². The SMILES string of the molecule is CN(C)C(=O)c1ccc(NC(=O)C[NH+]2CCN(c3cccc[nH+]3)CC2)cc1. The molecule has 0 aliphatic carbocycles. The molecule has 2 aromatic rings. The molecule has 3 N–H and O–H groups in total. The van der Waals surface area contributed by atoms with Crippen LogP contribution < -0.4 is 20.1 Å². The molecule has 0 unspecified atom stereocenters. The van der Waals surface area contributed by atoms with Crippen LogP contribution in [-0.4, -0.2) is 63.5 Å². The van der Waals surface area contributed by atoms with Gasteiger partial charge in [-0.2, -0.15) is 0 Å². The molecular weight excluding hydrogens is 342 g/mol. The Morgan fingerprint density at radius 1 is 1.11 bits per heavy atom. The van der Waals surface area contributed by atoms with Crippen molar-refractivity contribution in [3.8, 4) is 0 Å². The molecule has 1 aromatic carbocycles. The zero-order chi connectivity index (χ0) is 19.2. The van der Waals surface area contributed by atoms with E-state index in [9.17, 15) is 9.59 Å². The van der Waals surface area contributed by atoms with Gasteiger partial charge in [0, 0.05) is 31.4 Å². The summed E-state index contributed by atoms with van der Waals surface area (Å²) in [7, 11) is 3.44. The van der Waals surface area contributed by atoms with Gasteiger partial charge in [-0.25, -0.2) is 4.98 Å². The fourth-order valence-electron chi connectivity index (χ4n) is 3.21. The summed E-state index contributed by atoms with van der Waals surface area (Å²) in [6.07, 6.45) is 1.93. The number of rotatable bonds is 5. The van der Waals surface area contributed by atoms with Crippen molar-refractivity contribution in [3.63, 3.8) is 0 Å². The van der Waals surface area contributed by atoms with E-state index in [1.54, 1.807) is 38.4 Å². The molecule has 1 aromatic heterocycles. The number of piperazine rings is 1. The first kappa shape index (κ1) is 18.8. The Balaban J connectivity index is 1.47. The maximum absolute atomic E-state index is 12.3. The van der Waals surface area contributed by atoms with Gasteiger partial charge in [-0.05, 0) is 30.3 Å². The summed E-state index contributed by atoms with van der Waals surface area (Å²) in [5, 5.41) is 2.92. The highest BCUT2D eigenvalue weighted by Gasteiger charge is 2.27. The standard InChI is InChI=1S/C20H25N5O2/c1-23(2)20(27)16-6-8-17(9-7-16)22-19(26)15-24-11-13-25(14-12-24)18-5-3-4-10-21-18/h3-10H,11-15H2,1-2H3,(H,22,26)/p+2. The quantitative estimate of drug-likeness (QED) is 0.750. The molecule has 3 rings (SSSR count). The zero-order valence-electron chi connectivity index (χ0n) is 15.9. The molecule has 142 valence electrons. The maximum atomic E-state index is 12.3. The number of aromatic amines is 1. The largest absolute Gasteiger partial charge is 0.345 e. The molecule has 0 bridgehead atoms. The Hall–Kier alpha value is -2.93. The first-order chi connectivity index (χ1) is 13.0. The third-order valence-corrected chi connectivity index (χ3v) is 4.74. The van der Waals surface area contributed by atoms with E-state index in [1.807, 2.05) is 18.3 Å². The molecule has 0 atom stereocenters. The second-order valence-corrected chi connectivity index (χ2v) is 6.99. The number of hydrogen-bond acceptors (Lipinski definition) is 3. The van der Waals surface area contributed by atoms with Crippen LogP contribution in [0.2, 0.25) is 0 Å². The van der Waals surface area contributed by atoms with Crippen LogP contribution in [-0.2, 0) is 4.79 Å². The van der Waals surface area contributed by atoms with Crippen LogP contribution in [0.4, 0.5) is 11.5 Å². The van der Waals surface area contributed by atoms with Gasteiger partial charge in [-0.1, -0.05) is 6.07 Å². The number of quaternary nitrogens is 1. The number of nitrogens with one attached hydrogen (secondary N) is 3. The Kier molecular flexibility index (Phi) is 6.03. The third kappa shape index (κ3) is 5.04. The molecule has 0 saturated carbocycles. The van der Waals surface area contributed by atoms with Gasteiger partial charge < -0.3 is 15.1 Å². The Labute approximate surface area is 159 Å². The lowest BCUT2D eigenvalue weighted by molar-refractivity contribution is -0.892. The molecule has 1 aliphatic rings. The molecule has 27 heavy (non-hydrogen) atoms. The minimum absolute atomic E-state index is 0.00332. The highest BCUT2D eigenvalue weighted by atomic mass is 16.2. The molecular formula is C20H27N5O2+2. The predicted octanol–water partition coefficient (Wildman–Crippen LogP) is -0.454. The van der Waals surface area contributed by atoms with Crippen LogP contribution >= 0.6 is 0 Å². The summed E-state index contributed by atoms with van der Waals surface area (Å²) in [5.74, 6) is 1.07. The van der Waals surface area contributed by atoms with Gasteiger partial charge in [-0.15, -0.1) is 0 Å². The Morgan fingerprint density at radius 3 is 2.41 bits per heavy atom. The lowest BCUT2D eigenvalue weighted by Crippen LogP contribution is -3.15. The van der Waals surface area contributed by atoms with Gasteiger partial charge in [0.05, 0.1) is 6.20 Å². The Morgan fingerprint density at radius 2 is 1.81 bits per heavy atom. The van der Waals surface area contributed by atoms with Gasteiger partial charge in [0.2, 0.25) is 0 Å². The minimum atomic E-state index is -0.0501. The van der Waals surface area contributed by atoms with E-state index in [-0.39, 0.29) is 11.8 Å². The van der Waals surface area contributed by atoms with Crippen molar-refractivity contribution in [2.24, 2.45) is 0 Å². The molecule has 1 aliphatic heterocycles. The third-order valence-electron chi connectivity index (χ3n) is 4.74. The number of carbonyl (C=O) groups is 2. The number of aromatic nitrogens is 1. The van der Waals surface area contributed by atoms with Crippen molar-refractivity contribution in [1.82, 2.24) is 4.90 Å². The minimum Gasteiger partial charge on any atom is -0.345 e. The maximum Gasteiger partial charge on any atom is 0.279 e. The molecule has 2 amide bonds. The van der Waals surface area contributed by atoms with E-state index < -0.39 is 0 Å². The summed E-state index contributed by atoms with van der Waals surface area (Å²) in [6, 6.07) is 13.1. The van der Waals surface area contributed by atoms with Crippen molar-refractivity contribution in [2.45, 2.75) is 0 Å². The lowest BCUT2D eigenvalue weighted by Gasteiger charge is -2.27. The number of pyridine rings is 1. The molecule has 0 radical (unpaired) electrons. The van der Waals surface area contributed by atoms with Crippen LogP contribution in [0, 0.1) is 0 Å². The highest BCUT2D eigenvalue weighted by Crippen LogP contribution is 2.10. The highest BCUT2D eigenvalue weighted by molar-refractivity contribution is 5.95. The normalized spacial score (nSPS) is 14.7. The summed E-state index contributed by atoms with van der Waals surface area (Å²) >= 11 is 0. The fourth-order valence-corrected chi connectivity index (χ4v) is 3.21. The molecule has 1 saturated heterocycles. The first-order valence-electron chi connectivity index (χ1n) is 9.20. The van der Waals surface area contributed by atoms with Gasteiger partial charge in [-0.3, -0.25) is 14.5 Å². The molecule has 0 spiro atoms. The second kappa shape index (κ2) is 8.64. The summed E-state index contributed by atoms with van der Waals surface area (Å²) in [6.45, 7) is 4.14. The van der Waals surface area contributed by atoms with Gasteiger partial charge >= 0.3 is 0 Å². The number of benzene rings is 1. The molecule has 2 heterocycles. The summed E-state index contributed by atoms with van der Waals surface area (Å²) in [5.41, 5.74) is 1.32. The van der Waals surface area contributed by atoms with Crippen molar-refractivity contribution in [3.05, 3.63) is 54.2 Å². The summed E-state index contributed by atoms with van der Waals surface area (Å²) < 4.78 is 0. The van der Waals surface area contributed by atoms with Crippen molar-refractivity contribution < 1.29 is 19.5 Å². The van der Waals surface area contributed by atoms with Crippen LogP contribution in [0.15, 0.2) is 48.7 Å². The Bertz CT molecular complexity index is 769. The molecule has 7 nitrogen and oxygen atoms in total. The van der Waals surface area contributed by atoms with E-state index in [1.165, 1.54) is 9.80 Å². The van der Waals surface area contributed by atoms with Crippen LogP contribution in [0.1, 0.15) is 10.4 Å². The van der Waals surface area contributed by atoms with Crippen molar-refractivity contribution in [1.29, 1.82) is 0 Å². The monoisotopic (exact) mass is 369 g/mol. The smallest absolute Gasteiger partial charge is 0.279 e. The van der Waals surface area contributed by atoms with Crippen molar-refractivity contribution in [2.75, 3.05) is 57.0 Å². The number of H-pyrrole nitrogens is 1. The number of nitrogens with zero attached hydrogens (tertiary/aromatic N) is 2. The average Bonchev–Trinajstić information content (AvgIpc) is 2.69. The van der Waals surface area contributed by atoms with Crippen LogP contribution in [0.3, 0.4) is 0 Å².